The SMILES string of the molecule is N#Cc1ccc(NCc2ccnc(OCC(F)(F)F)c2)cc1C(F)(F)F. The van der Waals surface area contributed by atoms with Gasteiger partial charge in [-0.15, -0.1) is 0 Å². The number of pyridine rings is 1. The molecule has 1 aromatic heterocycles. The molecule has 0 spiro atoms. The third-order valence-electron chi connectivity index (χ3n) is 3.13. The summed E-state index contributed by atoms with van der Waals surface area (Å²) >= 11 is 0. The van der Waals surface area contributed by atoms with E-state index in [0.29, 0.717) is 5.56 Å². The quantitative estimate of drug-likeness (QED) is 0.781. The number of hydrogen-bond acceptors (Lipinski definition) is 4. The van der Waals surface area contributed by atoms with Crippen LogP contribution in [0.3, 0.4) is 0 Å². The number of halogens is 6. The zero-order chi connectivity index (χ0) is 19.4. The largest absolute Gasteiger partial charge is 0.468 e. The van der Waals surface area contributed by atoms with Crippen molar-refractivity contribution in [3.05, 3.63) is 53.2 Å². The van der Waals surface area contributed by atoms with Crippen molar-refractivity contribution in [1.29, 1.82) is 5.26 Å². The number of hydrogen-bond donors (Lipinski definition) is 1. The summed E-state index contributed by atoms with van der Waals surface area (Å²) in [7, 11) is 0. The standard InChI is InChI=1S/C16H11F6N3O/c17-15(18,19)9-26-14-5-10(3-4-24-14)8-25-12-2-1-11(7-23)13(6-12)16(20,21)22/h1-6,25H,8-9H2. The van der Waals surface area contributed by atoms with Crippen LogP contribution in [-0.4, -0.2) is 17.8 Å². The lowest BCUT2D eigenvalue weighted by atomic mass is 10.1. The molecule has 138 valence electrons. The number of nitrogens with zero attached hydrogens (tertiary/aromatic N) is 2. The number of rotatable bonds is 5. The van der Waals surface area contributed by atoms with E-state index < -0.39 is 30.1 Å². The number of anilines is 1. The number of aromatic nitrogens is 1. The highest BCUT2D eigenvalue weighted by molar-refractivity contribution is 5.53. The Labute approximate surface area is 144 Å². The zero-order valence-electron chi connectivity index (χ0n) is 12.9. The summed E-state index contributed by atoms with van der Waals surface area (Å²) in [5.41, 5.74) is -1.02. The van der Waals surface area contributed by atoms with E-state index in [4.69, 9.17) is 5.26 Å². The fourth-order valence-electron chi connectivity index (χ4n) is 1.99. The molecule has 0 aliphatic carbocycles. The molecule has 1 N–H and O–H groups in total. The maximum absolute atomic E-state index is 12.9. The van der Waals surface area contributed by atoms with Crippen LogP contribution in [0.1, 0.15) is 16.7 Å². The predicted molar refractivity (Wildman–Crippen MR) is 79.3 cm³/mol. The molecule has 0 saturated heterocycles. The van der Waals surface area contributed by atoms with Crippen LogP contribution in [0.5, 0.6) is 5.88 Å². The molecule has 0 atom stereocenters. The van der Waals surface area contributed by atoms with Gasteiger partial charge in [-0.05, 0) is 29.8 Å². The average Bonchev–Trinajstić information content (AvgIpc) is 2.57. The second kappa shape index (κ2) is 7.51. The summed E-state index contributed by atoms with van der Waals surface area (Å²) < 4.78 is 79.6. The maximum atomic E-state index is 12.9. The lowest BCUT2D eigenvalue weighted by Gasteiger charge is -2.13. The lowest BCUT2D eigenvalue weighted by molar-refractivity contribution is -0.154. The van der Waals surface area contributed by atoms with Crippen molar-refractivity contribution in [1.82, 2.24) is 4.98 Å². The molecule has 0 aliphatic heterocycles. The Hall–Kier alpha value is -2.96. The van der Waals surface area contributed by atoms with E-state index in [-0.39, 0.29) is 18.1 Å². The van der Waals surface area contributed by atoms with E-state index >= 15 is 0 Å². The molecular formula is C16H11F6N3O. The van der Waals surface area contributed by atoms with Crippen molar-refractivity contribution in [2.45, 2.75) is 18.9 Å². The van der Waals surface area contributed by atoms with Crippen molar-refractivity contribution in [2.75, 3.05) is 11.9 Å². The molecule has 2 aromatic rings. The molecule has 4 nitrogen and oxygen atoms in total. The molecule has 10 heteroatoms. The average molecular weight is 375 g/mol. The summed E-state index contributed by atoms with van der Waals surface area (Å²) in [6.07, 6.45) is -7.97. The molecule has 0 radical (unpaired) electrons. The van der Waals surface area contributed by atoms with Gasteiger partial charge in [-0.25, -0.2) is 4.98 Å². The molecule has 26 heavy (non-hydrogen) atoms. The topological polar surface area (TPSA) is 57.9 Å². The zero-order valence-corrected chi connectivity index (χ0v) is 12.9. The van der Waals surface area contributed by atoms with Gasteiger partial charge in [0.1, 0.15) is 0 Å². The first kappa shape index (κ1) is 19.4. The Morgan fingerprint density at radius 1 is 1.08 bits per heavy atom. The van der Waals surface area contributed by atoms with Gasteiger partial charge in [0, 0.05) is 24.5 Å². The van der Waals surface area contributed by atoms with Gasteiger partial charge in [-0.3, -0.25) is 0 Å². The highest BCUT2D eigenvalue weighted by Crippen LogP contribution is 2.33. The molecule has 0 fully saturated rings. The second-order valence-electron chi connectivity index (χ2n) is 5.13. The van der Waals surface area contributed by atoms with Crippen molar-refractivity contribution < 1.29 is 31.1 Å². The van der Waals surface area contributed by atoms with Gasteiger partial charge in [0.05, 0.1) is 17.2 Å². The summed E-state index contributed by atoms with van der Waals surface area (Å²) in [5, 5.41) is 11.5. The van der Waals surface area contributed by atoms with Gasteiger partial charge < -0.3 is 10.1 Å². The van der Waals surface area contributed by atoms with Crippen LogP contribution in [0, 0.1) is 11.3 Å². The van der Waals surface area contributed by atoms with Gasteiger partial charge in [0.2, 0.25) is 5.88 Å². The van der Waals surface area contributed by atoms with Crippen LogP contribution in [-0.2, 0) is 12.7 Å². The van der Waals surface area contributed by atoms with Crippen molar-refractivity contribution in [2.24, 2.45) is 0 Å². The van der Waals surface area contributed by atoms with Crippen molar-refractivity contribution in [3.63, 3.8) is 0 Å². The lowest BCUT2D eigenvalue weighted by Crippen LogP contribution is -2.19. The van der Waals surface area contributed by atoms with Gasteiger partial charge in [-0.1, -0.05) is 0 Å². The Bertz CT molecular complexity index is 811. The summed E-state index contributed by atoms with van der Waals surface area (Å²) in [6.45, 7) is -1.48. The Balaban J connectivity index is 2.09. The summed E-state index contributed by atoms with van der Waals surface area (Å²) in [6, 6.07) is 7.32. The molecular weight excluding hydrogens is 364 g/mol. The monoisotopic (exact) mass is 375 g/mol. The molecule has 0 saturated carbocycles. The fraction of sp³-hybridized carbons (Fsp3) is 0.250. The van der Waals surface area contributed by atoms with Crippen LogP contribution in [0.15, 0.2) is 36.5 Å². The number of ether oxygens (including phenoxy) is 1. The molecule has 0 aliphatic rings. The van der Waals surface area contributed by atoms with Gasteiger partial charge >= 0.3 is 12.4 Å². The number of nitrogens with one attached hydrogen (secondary N) is 1. The van der Waals surface area contributed by atoms with E-state index in [2.05, 4.69) is 15.0 Å². The molecule has 1 heterocycles. The highest BCUT2D eigenvalue weighted by atomic mass is 19.4. The maximum Gasteiger partial charge on any atom is 0.422 e. The summed E-state index contributed by atoms with van der Waals surface area (Å²) in [5.74, 6) is -0.252. The normalized spacial score (nSPS) is 11.7. The third-order valence-corrected chi connectivity index (χ3v) is 3.13. The second-order valence-corrected chi connectivity index (χ2v) is 5.13. The molecule has 0 unspecified atom stereocenters. The van der Waals surface area contributed by atoms with Crippen LogP contribution < -0.4 is 10.1 Å². The molecule has 2 rings (SSSR count). The number of benzene rings is 1. The van der Waals surface area contributed by atoms with Crippen molar-refractivity contribution >= 4 is 5.69 Å². The van der Waals surface area contributed by atoms with E-state index in [1.54, 1.807) is 0 Å². The smallest absolute Gasteiger partial charge is 0.422 e. The van der Waals surface area contributed by atoms with Crippen molar-refractivity contribution in [3.8, 4) is 11.9 Å². The van der Waals surface area contributed by atoms with E-state index in [9.17, 15) is 26.3 Å². The minimum absolute atomic E-state index is 0.0219. The van der Waals surface area contributed by atoms with E-state index in [1.807, 2.05) is 0 Å². The predicted octanol–water partition coefficient (Wildman–Crippen LogP) is 4.53. The minimum Gasteiger partial charge on any atom is -0.468 e. The van der Waals surface area contributed by atoms with Crippen LogP contribution in [0.4, 0.5) is 32.0 Å². The minimum atomic E-state index is -4.68. The van der Waals surface area contributed by atoms with Crippen LogP contribution in [0.2, 0.25) is 0 Å². The van der Waals surface area contributed by atoms with Gasteiger partial charge in [0.25, 0.3) is 0 Å². The van der Waals surface area contributed by atoms with Crippen LogP contribution >= 0.6 is 0 Å². The first-order valence-electron chi connectivity index (χ1n) is 7.08. The Morgan fingerprint density at radius 2 is 1.81 bits per heavy atom. The molecule has 0 amide bonds. The third kappa shape index (κ3) is 5.54. The fourth-order valence-corrected chi connectivity index (χ4v) is 1.99. The number of nitriles is 1. The highest BCUT2D eigenvalue weighted by Gasteiger charge is 2.33. The van der Waals surface area contributed by atoms with E-state index in [1.165, 1.54) is 30.5 Å². The van der Waals surface area contributed by atoms with E-state index in [0.717, 1.165) is 12.1 Å². The van der Waals surface area contributed by atoms with Crippen LogP contribution in [0.25, 0.3) is 0 Å². The van der Waals surface area contributed by atoms with Gasteiger partial charge in [-0.2, -0.15) is 31.6 Å². The molecule has 1 aromatic carbocycles. The Morgan fingerprint density at radius 3 is 2.42 bits per heavy atom. The van der Waals surface area contributed by atoms with Gasteiger partial charge in [0.15, 0.2) is 6.61 Å². The number of alkyl halides is 6. The Kier molecular flexibility index (Phi) is 5.59. The first-order chi connectivity index (χ1) is 12.1. The molecule has 0 bridgehead atoms. The first-order valence-corrected chi connectivity index (χ1v) is 7.08. The summed E-state index contributed by atoms with van der Waals surface area (Å²) in [4.78, 5) is 3.63.